The molecule has 3 heterocycles. The van der Waals surface area contributed by atoms with Gasteiger partial charge in [-0.1, -0.05) is 47.7 Å². The Bertz CT molecular complexity index is 784. The maximum absolute atomic E-state index is 4.33. The van der Waals surface area contributed by atoms with Gasteiger partial charge in [0.2, 0.25) is 10.3 Å². The fraction of sp³-hybridized carbons (Fsp3) is 0.278. The molecular formula is C18H20N6S. The highest BCUT2D eigenvalue weighted by Gasteiger charge is 2.20. The van der Waals surface area contributed by atoms with Crippen LogP contribution < -0.4 is 10.2 Å². The molecule has 1 saturated heterocycles. The molecule has 128 valence electrons. The zero-order valence-corrected chi connectivity index (χ0v) is 14.7. The topological polar surface area (TPSA) is 57.2 Å². The lowest BCUT2D eigenvalue weighted by Gasteiger charge is -2.34. The predicted octanol–water partition coefficient (Wildman–Crippen LogP) is 3.00. The van der Waals surface area contributed by atoms with Crippen LogP contribution in [0.3, 0.4) is 0 Å². The minimum Gasteiger partial charge on any atom is -0.344 e. The molecule has 1 N–H and O–H groups in total. The SMILES string of the molecule is c1ccc(CN2CCN(c3nnc(Nc4ccccn4)s3)CC2)cc1. The molecule has 0 unspecified atom stereocenters. The van der Waals surface area contributed by atoms with E-state index in [1.54, 1.807) is 17.5 Å². The summed E-state index contributed by atoms with van der Waals surface area (Å²) in [5, 5.41) is 13.5. The Hall–Kier alpha value is -2.51. The Morgan fingerprint density at radius 3 is 2.48 bits per heavy atom. The number of nitrogens with one attached hydrogen (secondary N) is 1. The van der Waals surface area contributed by atoms with Gasteiger partial charge in [-0.2, -0.15) is 0 Å². The first kappa shape index (κ1) is 16.0. The quantitative estimate of drug-likeness (QED) is 0.762. The summed E-state index contributed by atoms with van der Waals surface area (Å²) in [7, 11) is 0. The lowest BCUT2D eigenvalue weighted by Crippen LogP contribution is -2.45. The van der Waals surface area contributed by atoms with Crippen LogP contribution in [0.15, 0.2) is 54.7 Å². The van der Waals surface area contributed by atoms with Gasteiger partial charge in [0, 0.05) is 38.9 Å². The van der Waals surface area contributed by atoms with E-state index in [-0.39, 0.29) is 0 Å². The Kier molecular flexibility index (Phi) is 4.85. The first-order valence-corrected chi connectivity index (χ1v) is 9.21. The second kappa shape index (κ2) is 7.58. The first-order valence-electron chi connectivity index (χ1n) is 8.39. The number of nitrogens with zero attached hydrogens (tertiary/aromatic N) is 5. The number of piperazine rings is 1. The molecule has 0 atom stereocenters. The van der Waals surface area contributed by atoms with Crippen molar-refractivity contribution in [2.24, 2.45) is 0 Å². The van der Waals surface area contributed by atoms with E-state index in [2.05, 4.69) is 60.6 Å². The molecule has 1 fully saturated rings. The summed E-state index contributed by atoms with van der Waals surface area (Å²) in [6.07, 6.45) is 1.76. The molecule has 0 spiro atoms. The summed E-state index contributed by atoms with van der Waals surface area (Å²) < 4.78 is 0. The van der Waals surface area contributed by atoms with E-state index in [9.17, 15) is 0 Å². The summed E-state index contributed by atoms with van der Waals surface area (Å²) in [5.41, 5.74) is 1.37. The Morgan fingerprint density at radius 1 is 0.920 bits per heavy atom. The molecule has 6 nitrogen and oxygen atoms in total. The number of aromatic nitrogens is 3. The van der Waals surface area contributed by atoms with Gasteiger partial charge in [0.15, 0.2) is 0 Å². The van der Waals surface area contributed by atoms with Gasteiger partial charge < -0.3 is 10.2 Å². The standard InChI is InChI=1S/C18H20N6S/c1-2-6-15(7-3-1)14-23-10-12-24(13-11-23)18-22-21-17(25-18)20-16-8-4-5-9-19-16/h1-9H,10-14H2,(H,19,20,21). The van der Waals surface area contributed by atoms with Crippen molar-refractivity contribution < 1.29 is 0 Å². The Morgan fingerprint density at radius 2 is 1.72 bits per heavy atom. The maximum atomic E-state index is 4.33. The number of pyridine rings is 1. The van der Waals surface area contributed by atoms with Gasteiger partial charge in [-0.3, -0.25) is 4.90 Å². The Balaban J connectivity index is 1.32. The van der Waals surface area contributed by atoms with Crippen molar-refractivity contribution in [3.05, 3.63) is 60.3 Å². The van der Waals surface area contributed by atoms with Crippen LogP contribution >= 0.6 is 11.3 Å². The van der Waals surface area contributed by atoms with Gasteiger partial charge in [-0.05, 0) is 17.7 Å². The van der Waals surface area contributed by atoms with E-state index < -0.39 is 0 Å². The van der Waals surface area contributed by atoms with E-state index >= 15 is 0 Å². The van der Waals surface area contributed by atoms with Crippen LogP contribution in [-0.2, 0) is 6.54 Å². The van der Waals surface area contributed by atoms with Gasteiger partial charge in [0.1, 0.15) is 5.82 Å². The van der Waals surface area contributed by atoms with Crippen molar-refractivity contribution in [1.29, 1.82) is 0 Å². The monoisotopic (exact) mass is 352 g/mol. The van der Waals surface area contributed by atoms with E-state index in [1.165, 1.54) is 5.56 Å². The van der Waals surface area contributed by atoms with Crippen molar-refractivity contribution in [3.63, 3.8) is 0 Å². The zero-order valence-electron chi connectivity index (χ0n) is 13.9. The zero-order chi connectivity index (χ0) is 16.9. The highest BCUT2D eigenvalue weighted by atomic mass is 32.1. The van der Waals surface area contributed by atoms with Gasteiger partial charge in [-0.25, -0.2) is 4.98 Å². The third-order valence-corrected chi connectivity index (χ3v) is 5.11. The smallest absolute Gasteiger partial charge is 0.212 e. The van der Waals surface area contributed by atoms with Crippen molar-refractivity contribution in [2.45, 2.75) is 6.54 Å². The fourth-order valence-electron chi connectivity index (χ4n) is 2.88. The number of rotatable bonds is 5. The molecule has 25 heavy (non-hydrogen) atoms. The number of anilines is 3. The predicted molar refractivity (Wildman–Crippen MR) is 101 cm³/mol. The number of benzene rings is 1. The van der Waals surface area contributed by atoms with Gasteiger partial charge >= 0.3 is 0 Å². The van der Waals surface area contributed by atoms with E-state index in [4.69, 9.17) is 0 Å². The Labute approximate surface area is 151 Å². The molecule has 2 aromatic heterocycles. The van der Waals surface area contributed by atoms with Crippen molar-refractivity contribution in [1.82, 2.24) is 20.1 Å². The molecule has 3 aromatic rings. The minimum atomic E-state index is 0.778. The van der Waals surface area contributed by atoms with E-state index in [0.29, 0.717) is 0 Å². The molecule has 4 rings (SSSR count). The van der Waals surface area contributed by atoms with Gasteiger partial charge in [0.05, 0.1) is 0 Å². The van der Waals surface area contributed by atoms with Crippen molar-refractivity contribution in [3.8, 4) is 0 Å². The molecule has 0 saturated carbocycles. The van der Waals surface area contributed by atoms with Crippen LogP contribution in [0.4, 0.5) is 16.1 Å². The van der Waals surface area contributed by atoms with Crippen LogP contribution in [0.25, 0.3) is 0 Å². The second-order valence-corrected chi connectivity index (χ2v) is 6.93. The molecule has 0 bridgehead atoms. The molecule has 7 heteroatoms. The van der Waals surface area contributed by atoms with Crippen LogP contribution in [0, 0.1) is 0 Å². The average molecular weight is 352 g/mol. The summed E-state index contributed by atoms with van der Waals surface area (Å²) in [6.45, 7) is 5.04. The molecule has 0 aliphatic carbocycles. The lowest BCUT2D eigenvalue weighted by molar-refractivity contribution is 0.249. The normalized spacial score (nSPS) is 15.3. The van der Waals surface area contributed by atoms with Crippen LogP contribution in [0.2, 0.25) is 0 Å². The van der Waals surface area contributed by atoms with Crippen molar-refractivity contribution in [2.75, 3.05) is 36.4 Å². The fourth-order valence-corrected chi connectivity index (χ4v) is 3.68. The molecule has 1 aliphatic heterocycles. The average Bonchev–Trinajstić information content (AvgIpc) is 3.12. The summed E-state index contributed by atoms with van der Waals surface area (Å²) in [5.74, 6) is 0.790. The van der Waals surface area contributed by atoms with Crippen LogP contribution in [0.5, 0.6) is 0 Å². The molecular weight excluding hydrogens is 332 g/mol. The van der Waals surface area contributed by atoms with Crippen LogP contribution in [-0.4, -0.2) is 46.3 Å². The second-order valence-electron chi connectivity index (χ2n) is 5.98. The van der Waals surface area contributed by atoms with Crippen molar-refractivity contribution >= 4 is 27.4 Å². The highest BCUT2D eigenvalue weighted by molar-refractivity contribution is 7.19. The molecule has 1 aromatic carbocycles. The lowest BCUT2D eigenvalue weighted by atomic mass is 10.2. The third kappa shape index (κ3) is 4.12. The molecule has 0 radical (unpaired) electrons. The number of hydrogen-bond acceptors (Lipinski definition) is 7. The first-order chi connectivity index (χ1) is 12.4. The van der Waals surface area contributed by atoms with E-state index in [0.717, 1.165) is 48.8 Å². The summed E-state index contributed by atoms with van der Waals surface area (Å²) in [4.78, 5) is 9.05. The molecule has 1 aliphatic rings. The van der Waals surface area contributed by atoms with Gasteiger partial charge in [-0.15, -0.1) is 10.2 Å². The maximum Gasteiger partial charge on any atom is 0.212 e. The van der Waals surface area contributed by atoms with E-state index in [1.807, 2.05) is 18.2 Å². The summed E-state index contributed by atoms with van der Waals surface area (Å²) >= 11 is 1.57. The minimum absolute atomic E-state index is 0.778. The number of hydrogen-bond donors (Lipinski definition) is 1. The van der Waals surface area contributed by atoms with Gasteiger partial charge in [0.25, 0.3) is 0 Å². The molecule has 0 amide bonds. The highest BCUT2D eigenvalue weighted by Crippen LogP contribution is 2.27. The third-order valence-electron chi connectivity index (χ3n) is 4.21. The van der Waals surface area contributed by atoms with Crippen LogP contribution in [0.1, 0.15) is 5.56 Å². The summed E-state index contributed by atoms with van der Waals surface area (Å²) in [6, 6.07) is 16.4. The largest absolute Gasteiger partial charge is 0.344 e.